The number of urea groups is 1. The third kappa shape index (κ3) is 4.70. The number of fused-ring (bicyclic) bond motifs is 1. The molecule has 4 aliphatic rings. The molecule has 1 aliphatic carbocycles. The van der Waals surface area contributed by atoms with Gasteiger partial charge in [-0.2, -0.15) is 0 Å². The van der Waals surface area contributed by atoms with E-state index in [2.05, 4.69) is 10.3 Å². The van der Waals surface area contributed by atoms with Gasteiger partial charge in [0, 0.05) is 25.2 Å². The number of piperazine rings is 1. The van der Waals surface area contributed by atoms with Crippen LogP contribution in [0.1, 0.15) is 19.8 Å². The second-order valence-corrected chi connectivity index (χ2v) is 8.60. The second-order valence-electron chi connectivity index (χ2n) is 8.60. The Morgan fingerprint density at radius 3 is 2.56 bits per heavy atom. The molecule has 0 spiro atoms. The fourth-order valence-electron chi connectivity index (χ4n) is 4.33. The van der Waals surface area contributed by atoms with Crippen molar-refractivity contribution < 1.29 is 33.3 Å². The van der Waals surface area contributed by atoms with E-state index in [1.165, 1.54) is 11.9 Å². The lowest BCUT2D eigenvalue weighted by atomic mass is 9.94. The molecule has 0 radical (unpaired) electrons. The summed E-state index contributed by atoms with van der Waals surface area (Å²) in [6.45, 7) is 3.22. The van der Waals surface area contributed by atoms with Crippen LogP contribution in [0, 0.1) is 11.8 Å². The zero-order valence-electron chi connectivity index (χ0n) is 19.4. The number of carbonyl (C=O) groups excluding carboxylic acids is 5. The largest absolute Gasteiger partial charge is 0.465 e. The van der Waals surface area contributed by atoms with E-state index < -0.39 is 36.3 Å². The van der Waals surface area contributed by atoms with E-state index in [0.717, 1.165) is 17.7 Å². The molecule has 0 aromatic carbocycles. The predicted octanol–water partition coefficient (Wildman–Crippen LogP) is -1.19. The van der Waals surface area contributed by atoms with Gasteiger partial charge in [0.25, 0.3) is 5.91 Å². The number of amides is 5. The summed E-state index contributed by atoms with van der Waals surface area (Å²) in [6.07, 6.45) is 5.22. The number of imide groups is 1. The highest BCUT2D eigenvalue weighted by Crippen LogP contribution is 2.31. The van der Waals surface area contributed by atoms with Crippen LogP contribution in [-0.2, 0) is 23.9 Å². The Bertz CT molecular complexity index is 1000. The number of aliphatic imine (C=N–C) groups is 1. The molecule has 0 aromatic rings. The highest BCUT2D eigenvalue weighted by Gasteiger charge is 2.49. The summed E-state index contributed by atoms with van der Waals surface area (Å²) < 4.78 is 6.80. The minimum absolute atomic E-state index is 0.163. The molecule has 3 heterocycles. The molecule has 0 bridgehead atoms. The van der Waals surface area contributed by atoms with E-state index in [4.69, 9.17) is 4.74 Å². The smallest absolute Gasteiger partial charge is 0.332 e. The van der Waals surface area contributed by atoms with Crippen LogP contribution in [0.15, 0.2) is 17.3 Å². The maximum Gasteiger partial charge on any atom is 0.332 e. The lowest BCUT2D eigenvalue weighted by Gasteiger charge is -2.37. The van der Waals surface area contributed by atoms with Gasteiger partial charge in [0.15, 0.2) is 24.7 Å². The molecule has 182 valence electrons. The van der Waals surface area contributed by atoms with Crippen molar-refractivity contribution in [3.8, 4) is 0 Å². The van der Waals surface area contributed by atoms with Gasteiger partial charge in [0.05, 0.1) is 19.7 Å². The van der Waals surface area contributed by atoms with Crippen molar-refractivity contribution in [3.05, 3.63) is 12.3 Å². The van der Waals surface area contributed by atoms with Gasteiger partial charge in [-0.1, -0.05) is 0 Å². The second kappa shape index (κ2) is 9.74. The topological polar surface area (TPSA) is 132 Å². The summed E-state index contributed by atoms with van der Waals surface area (Å²) in [5.41, 5.74) is 0.685. The summed E-state index contributed by atoms with van der Waals surface area (Å²) in [4.78, 5) is 70.7. The van der Waals surface area contributed by atoms with Crippen LogP contribution in [-0.4, -0.2) is 113 Å². The Hall–Kier alpha value is -3.57. The number of nitrogens with one attached hydrogen (secondary N) is 1. The third-order valence-corrected chi connectivity index (χ3v) is 6.30. The van der Waals surface area contributed by atoms with Gasteiger partial charge >= 0.3 is 12.0 Å². The van der Waals surface area contributed by atoms with Gasteiger partial charge in [-0.25, -0.2) is 14.4 Å². The van der Waals surface area contributed by atoms with E-state index in [1.54, 1.807) is 19.2 Å². The van der Waals surface area contributed by atoms with Gasteiger partial charge in [0.1, 0.15) is 18.9 Å². The summed E-state index contributed by atoms with van der Waals surface area (Å²) in [6, 6.07) is -0.666. The van der Waals surface area contributed by atoms with Gasteiger partial charge < -0.3 is 15.0 Å². The van der Waals surface area contributed by atoms with Gasteiger partial charge in [-0.15, -0.1) is 0 Å². The summed E-state index contributed by atoms with van der Waals surface area (Å²) in [7, 11) is 1.51. The fourth-order valence-corrected chi connectivity index (χ4v) is 4.33. The lowest BCUT2D eigenvalue weighted by molar-refractivity contribution is -0.539. The average molecular weight is 474 g/mol. The standard InChI is InChI=1S/C22H28N6O6/c1-3-34-17(30)12-24-16(29)13-28-21(32)18-15(6-7-23-19(18)25(2)22(28)33)26-8-10-27(11-9-26)20(31)14-4-5-14/h6-7,14,18H,3-5,8-13H2,1-2H3/p+1. The lowest BCUT2D eigenvalue weighted by Crippen LogP contribution is -2.63. The van der Waals surface area contributed by atoms with Crippen molar-refractivity contribution in [1.29, 1.82) is 0 Å². The van der Waals surface area contributed by atoms with Crippen LogP contribution < -0.4 is 5.32 Å². The van der Waals surface area contributed by atoms with Crippen LogP contribution in [0.5, 0.6) is 0 Å². The average Bonchev–Trinajstić information content (AvgIpc) is 3.69. The maximum atomic E-state index is 13.4. The molecule has 3 fully saturated rings. The highest BCUT2D eigenvalue weighted by molar-refractivity contribution is 6.31. The van der Waals surface area contributed by atoms with Gasteiger partial charge in [-0.05, 0) is 19.8 Å². The van der Waals surface area contributed by atoms with Crippen molar-refractivity contribution in [1.82, 2.24) is 20.0 Å². The molecule has 5 amide bonds. The number of esters is 1. The highest BCUT2D eigenvalue weighted by atomic mass is 16.5. The van der Waals surface area contributed by atoms with Crippen molar-refractivity contribution in [2.75, 3.05) is 52.9 Å². The number of nitrogens with zero attached hydrogens (tertiary/aromatic N) is 5. The van der Waals surface area contributed by atoms with Crippen LogP contribution in [0.3, 0.4) is 0 Å². The molecular weight excluding hydrogens is 444 g/mol. The molecule has 1 atom stereocenters. The normalized spacial score (nSPS) is 22.5. The van der Waals surface area contributed by atoms with Crippen molar-refractivity contribution in [2.24, 2.45) is 16.8 Å². The maximum absolute atomic E-state index is 13.4. The SMILES string of the molecule is CCOC(=O)CNC(=O)CN1C(=O)C2C(=NC=CC2=[N+]2CCN(C(=O)C3CC3)CC2)N(C)C1=O. The molecule has 2 saturated heterocycles. The van der Waals surface area contributed by atoms with E-state index in [0.29, 0.717) is 37.7 Å². The van der Waals surface area contributed by atoms with Crippen LogP contribution in [0.25, 0.3) is 0 Å². The molecule has 1 N–H and O–H groups in total. The van der Waals surface area contributed by atoms with E-state index in [9.17, 15) is 24.0 Å². The van der Waals surface area contributed by atoms with E-state index in [-0.39, 0.29) is 25.0 Å². The predicted molar refractivity (Wildman–Crippen MR) is 119 cm³/mol. The Kier molecular flexibility index (Phi) is 6.75. The number of ether oxygens (including phenoxy) is 1. The monoisotopic (exact) mass is 473 g/mol. The summed E-state index contributed by atoms with van der Waals surface area (Å²) in [5.74, 6) is -1.98. The molecule has 1 saturated carbocycles. The van der Waals surface area contributed by atoms with Crippen LogP contribution in [0.4, 0.5) is 4.79 Å². The molecule has 34 heavy (non-hydrogen) atoms. The first-order valence-corrected chi connectivity index (χ1v) is 11.5. The fraction of sp³-hybridized carbons (Fsp3) is 0.591. The third-order valence-electron chi connectivity index (χ3n) is 6.30. The molecule has 0 aromatic heterocycles. The van der Waals surface area contributed by atoms with E-state index >= 15 is 0 Å². The van der Waals surface area contributed by atoms with Crippen LogP contribution >= 0.6 is 0 Å². The molecule has 1 unspecified atom stereocenters. The number of hydrogen-bond acceptors (Lipinski definition) is 7. The first-order chi connectivity index (χ1) is 16.3. The van der Waals surface area contributed by atoms with Gasteiger partial charge in [-0.3, -0.25) is 29.0 Å². The van der Waals surface area contributed by atoms with Crippen molar-refractivity contribution >= 4 is 41.3 Å². The van der Waals surface area contributed by atoms with Gasteiger partial charge in [0.2, 0.25) is 11.8 Å². The number of amidine groups is 1. The van der Waals surface area contributed by atoms with Crippen molar-refractivity contribution in [2.45, 2.75) is 19.8 Å². The summed E-state index contributed by atoms with van der Waals surface area (Å²) in [5, 5.41) is 2.37. The number of rotatable bonds is 6. The molecule has 12 nitrogen and oxygen atoms in total. The number of allylic oxidation sites excluding steroid dienone is 1. The Morgan fingerprint density at radius 2 is 1.91 bits per heavy atom. The molecule has 12 heteroatoms. The number of hydrogen-bond donors (Lipinski definition) is 1. The minimum Gasteiger partial charge on any atom is -0.465 e. The van der Waals surface area contributed by atoms with Crippen LogP contribution in [0.2, 0.25) is 0 Å². The quantitative estimate of drug-likeness (QED) is 0.381. The van der Waals surface area contributed by atoms with E-state index in [1.807, 2.05) is 9.48 Å². The first kappa shape index (κ1) is 23.6. The molecule has 3 aliphatic heterocycles. The Morgan fingerprint density at radius 1 is 1.21 bits per heavy atom. The Labute approximate surface area is 196 Å². The minimum atomic E-state index is -0.837. The zero-order valence-corrected chi connectivity index (χ0v) is 19.4. The Balaban J connectivity index is 1.48. The zero-order chi connectivity index (χ0) is 24.4. The first-order valence-electron chi connectivity index (χ1n) is 11.5. The number of carbonyl (C=O) groups is 5. The summed E-state index contributed by atoms with van der Waals surface area (Å²) >= 11 is 0. The molecular formula is C22H29N6O6+. The van der Waals surface area contributed by atoms with Crippen molar-refractivity contribution in [3.63, 3.8) is 0 Å². The molecule has 4 rings (SSSR count).